The lowest BCUT2D eigenvalue weighted by Gasteiger charge is -2.12. The minimum Gasteiger partial charge on any atom is -0.337 e. The topological polar surface area (TPSA) is 42.2 Å². The molecule has 26 heavy (non-hydrogen) atoms. The van der Waals surface area contributed by atoms with E-state index in [0.29, 0.717) is 27.8 Å². The molecule has 0 spiro atoms. The number of imidazole rings is 1. The summed E-state index contributed by atoms with van der Waals surface area (Å²) in [5.74, 6) is -1.08. The van der Waals surface area contributed by atoms with Crippen LogP contribution in [0.15, 0.2) is 48.8 Å². The molecule has 0 radical (unpaired) electrons. The van der Waals surface area contributed by atoms with E-state index in [1.54, 1.807) is 35.0 Å². The summed E-state index contributed by atoms with van der Waals surface area (Å²) in [6.45, 7) is 0. The SMILES string of the molecule is Fc1cc(Nc2nc3ccc(Cl)cc3n3ccnc23)ccc1C(F)(F)F. The van der Waals surface area contributed by atoms with Gasteiger partial charge in [-0.2, -0.15) is 13.2 Å². The molecule has 0 aliphatic carbocycles. The van der Waals surface area contributed by atoms with Crippen LogP contribution < -0.4 is 5.32 Å². The van der Waals surface area contributed by atoms with E-state index in [2.05, 4.69) is 15.3 Å². The maximum absolute atomic E-state index is 13.8. The third-order valence-electron chi connectivity index (χ3n) is 3.82. The quantitative estimate of drug-likeness (QED) is 0.471. The van der Waals surface area contributed by atoms with Crippen LogP contribution in [0.3, 0.4) is 0 Å². The van der Waals surface area contributed by atoms with Gasteiger partial charge in [0.15, 0.2) is 11.5 Å². The van der Waals surface area contributed by atoms with Crippen molar-refractivity contribution in [1.82, 2.24) is 14.4 Å². The zero-order valence-electron chi connectivity index (χ0n) is 12.9. The van der Waals surface area contributed by atoms with Gasteiger partial charge >= 0.3 is 6.18 Å². The summed E-state index contributed by atoms with van der Waals surface area (Å²) >= 11 is 6.01. The first kappa shape index (κ1) is 16.6. The highest BCUT2D eigenvalue weighted by molar-refractivity contribution is 6.31. The molecular formula is C17H9ClF4N4. The number of hydrogen-bond acceptors (Lipinski definition) is 3. The van der Waals surface area contributed by atoms with Gasteiger partial charge in [0.2, 0.25) is 0 Å². The molecule has 0 aliphatic heterocycles. The molecule has 1 N–H and O–H groups in total. The number of rotatable bonds is 2. The van der Waals surface area contributed by atoms with Crippen molar-refractivity contribution in [2.75, 3.05) is 5.32 Å². The van der Waals surface area contributed by atoms with Crippen LogP contribution in [0.1, 0.15) is 5.56 Å². The van der Waals surface area contributed by atoms with Crippen molar-refractivity contribution in [3.8, 4) is 0 Å². The van der Waals surface area contributed by atoms with Crippen LogP contribution in [-0.2, 0) is 6.18 Å². The number of fused-ring (bicyclic) bond motifs is 3. The van der Waals surface area contributed by atoms with Crippen LogP contribution in [0.5, 0.6) is 0 Å². The van der Waals surface area contributed by atoms with Gasteiger partial charge in [0.25, 0.3) is 0 Å². The van der Waals surface area contributed by atoms with Crippen molar-refractivity contribution in [3.05, 3.63) is 65.2 Å². The molecular weight excluding hydrogens is 372 g/mol. The Morgan fingerprint density at radius 1 is 1.08 bits per heavy atom. The Balaban J connectivity index is 1.81. The first-order valence-electron chi connectivity index (χ1n) is 7.39. The molecule has 2 aromatic heterocycles. The number of benzene rings is 2. The molecule has 0 saturated carbocycles. The number of nitrogens with one attached hydrogen (secondary N) is 1. The lowest BCUT2D eigenvalue weighted by Crippen LogP contribution is -2.08. The van der Waals surface area contributed by atoms with Crippen LogP contribution >= 0.6 is 11.6 Å². The van der Waals surface area contributed by atoms with E-state index in [9.17, 15) is 17.6 Å². The molecule has 0 unspecified atom stereocenters. The lowest BCUT2D eigenvalue weighted by molar-refractivity contribution is -0.139. The summed E-state index contributed by atoms with van der Waals surface area (Å²) in [5.41, 5.74) is 0.542. The summed E-state index contributed by atoms with van der Waals surface area (Å²) in [5, 5.41) is 3.35. The molecule has 0 aliphatic rings. The predicted octanol–water partition coefficient (Wildman–Crippen LogP) is 5.44. The van der Waals surface area contributed by atoms with E-state index in [0.717, 1.165) is 12.1 Å². The Labute approximate surface area is 149 Å². The summed E-state index contributed by atoms with van der Waals surface area (Å²) < 4.78 is 53.6. The molecule has 9 heteroatoms. The predicted molar refractivity (Wildman–Crippen MR) is 90.2 cm³/mol. The minimum absolute atomic E-state index is 0.126. The fourth-order valence-electron chi connectivity index (χ4n) is 2.67. The van der Waals surface area contributed by atoms with Gasteiger partial charge in [-0.3, -0.25) is 4.40 Å². The van der Waals surface area contributed by atoms with Gasteiger partial charge in [0, 0.05) is 23.1 Å². The number of halogens is 5. The zero-order valence-corrected chi connectivity index (χ0v) is 13.6. The van der Waals surface area contributed by atoms with Crippen LogP contribution in [0.4, 0.5) is 29.1 Å². The Kier molecular flexibility index (Phi) is 3.73. The molecule has 4 nitrogen and oxygen atoms in total. The van der Waals surface area contributed by atoms with E-state index in [1.165, 1.54) is 0 Å². The minimum atomic E-state index is -4.75. The van der Waals surface area contributed by atoms with E-state index in [4.69, 9.17) is 11.6 Å². The first-order chi connectivity index (χ1) is 12.3. The van der Waals surface area contributed by atoms with E-state index in [-0.39, 0.29) is 11.5 Å². The van der Waals surface area contributed by atoms with Crippen molar-refractivity contribution in [1.29, 1.82) is 0 Å². The average molecular weight is 381 g/mol. The standard InChI is InChI=1S/C17H9ClF4N4/c18-9-1-4-13-14(7-9)26-6-5-23-16(26)15(25-13)24-10-2-3-11(12(19)8-10)17(20,21)22/h1-8H,(H,24,25). The van der Waals surface area contributed by atoms with Crippen molar-refractivity contribution in [2.45, 2.75) is 6.18 Å². The van der Waals surface area contributed by atoms with E-state index in [1.807, 2.05) is 0 Å². The molecule has 4 aromatic rings. The third-order valence-corrected chi connectivity index (χ3v) is 4.05. The molecule has 0 amide bonds. The van der Waals surface area contributed by atoms with Gasteiger partial charge in [0.1, 0.15) is 5.82 Å². The van der Waals surface area contributed by atoms with Crippen molar-refractivity contribution in [3.63, 3.8) is 0 Å². The molecule has 2 aromatic carbocycles. The lowest BCUT2D eigenvalue weighted by atomic mass is 10.2. The van der Waals surface area contributed by atoms with Gasteiger partial charge in [-0.15, -0.1) is 0 Å². The van der Waals surface area contributed by atoms with Crippen molar-refractivity contribution < 1.29 is 17.6 Å². The second-order valence-corrected chi connectivity index (χ2v) is 5.97. The highest BCUT2D eigenvalue weighted by atomic mass is 35.5. The molecule has 132 valence electrons. The van der Waals surface area contributed by atoms with Crippen molar-refractivity contribution in [2.24, 2.45) is 0 Å². The largest absolute Gasteiger partial charge is 0.419 e. The Bertz CT molecular complexity index is 1140. The Morgan fingerprint density at radius 2 is 1.88 bits per heavy atom. The summed E-state index contributed by atoms with van der Waals surface area (Å²) in [4.78, 5) is 8.61. The van der Waals surface area contributed by atoms with E-state index >= 15 is 0 Å². The van der Waals surface area contributed by atoms with Gasteiger partial charge in [0.05, 0.1) is 16.6 Å². The summed E-state index contributed by atoms with van der Waals surface area (Å²) in [6, 6.07) is 7.69. The fraction of sp³-hybridized carbons (Fsp3) is 0.0588. The van der Waals surface area contributed by atoms with Gasteiger partial charge < -0.3 is 5.32 Å². The maximum Gasteiger partial charge on any atom is 0.419 e. The van der Waals surface area contributed by atoms with Crippen LogP contribution in [-0.4, -0.2) is 14.4 Å². The van der Waals surface area contributed by atoms with Gasteiger partial charge in [-0.1, -0.05) is 11.6 Å². The Hall–Kier alpha value is -2.87. The monoisotopic (exact) mass is 380 g/mol. The van der Waals surface area contributed by atoms with Crippen molar-refractivity contribution >= 4 is 39.8 Å². The maximum atomic E-state index is 13.8. The fourth-order valence-corrected chi connectivity index (χ4v) is 2.84. The number of hydrogen-bond donors (Lipinski definition) is 1. The molecule has 0 bridgehead atoms. The normalized spacial score (nSPS) is 12.0. The zero-order chi connectivity index (χ0) is 18.5. The smallest absolute Gasteiger partial charge is 0.337 e. The molecule has 4 rings (SSSR count). The molecule has 0 atom stereocenters. The number of alkyl halides is 3. The summed E-state index contributed by atoms with van der Waals surface area (Å²) in [6.07, 6.45) is -1.50. The average Bonchev–Trinajstić information content (AvgIpc) is 3.04. The second-order valence-electron chi connectivity index (χ2n) is 5.53. The highest BCUT2D eigenvalue weighted by Gasteiger charge is 2.33. The van der Waals surface area contributed by atoms with Crippen LogP contribution in [0, 0.1) is 5.82 Å². The van der Waals surface area contributed by atoms with E-state index < -0.39 is 17.6 Å². The number of anilines is 2. The summed E-state index contributed by atoms with van der Waals surface area (Å²) in [7, 11) is 0. The molecule has 0 fully saturated rings. The second kappa shape index (κ2) is 5.84. The Morgan fingerprint density at radius 3 is 2.62 bits per heavy atom. The van der Waals surface area contributed by atoms with Gasteiger partial charge in [-0.25, -0.2) is 14.4 Å². The van der Waals surface area contributed by atoms with Gasteiger partial charge in [-0.05, 0) is 36.4 Å². The van der Waals surface area contributed by atoms with Crippen LogP contribution in [0.25, 0.3) is 16.7 Å². The number of aromatic nitrogens is 3. The first-order valence-corrected chi connectivity index (χ1v) is 7.77. The highest BCUT2D eigenvalue weighted by Crippen LogP contribution is 2.33. The molecule has 2 heterocycles. The number of nitrogens with zero attached hydrogens (tertiary/aromatic N) is 3. The van der Waals surface area contributed by atoms with Crippen LogP contribution in [0.2, 0.25) is 5.02 Å². The third kappa shape index (κ3) is 2.82. The molecule has 0 saturated heterocycles.